The average molecular weight is 541 g/mol. The van der Waals surface area contributed by atoms with Crippen LogP contribution >= 0.6 is 15.9 Å². The lowest BCUT2D eigenvalue weighted by Crippen LogP contribution is -2.12. The molecule has 0 aliphatic heterocycles. The summed E-state index contributed by atoms with van der Waals surface area (Å²) in [5.74, 6) is 0.817. The molecule has 1 amide bonds. The monoisotopic (exact) mass is 540 g/mol. The van der Waals surface area contributed by atoms with Gasteiger partial charge in [0, 0.05) is 15.7 Å². The first kappa shape index (κ1) is 23.5. The first-order valence-electron chi connectivity index (χ1n) is 10.1. The van der Waals surface area contributed by atoms with E-state index in [4.69, 9.17) is 9.26 Å². The number of benzene rings is 3. The van der Waals surface area contributed by atoms with E-state index in [9.17, 15) is 13.2 Å². The highest BCUT2D eigenvalue weighted by atomic mass is 79.9. The van der Waals surface area contributed by atoms with Crippen molar-refractivity contribution in [3.8, 4) is 5.75 Å². The quantitative estimate of drug-likeness (QED) is 0.294. The second kappa shape index (κ2) is 10.1. The largest absolute Gasteiger partial charge is 0.489 e. The number of hydrogen-bond donors (Lipinski definition) is 1. The number of nitrogens with zero attached hydrogens (tertiary/aromatic N) is 2. The normalized spacial score (nSPS) is 11.1. The molecule has 4 aromatic rings. The fourth-order valence-corrected chi connectivity index (χ4v) is 4.17. The van der Waals surface area contributed by atoms with Gasteiger partial charge in [-0.3, -0.25) is 9.95 Å². The molecule has 0 radical (unpaired) electrons. The minimum atomic E-state index is -3.96. The van der Waals surface area contributed by atoms with Gasteiger partial charge in [0.05, 0.1) is 4.90 Å². The summed E-state index contributed by atoms with van der Waals surface area (Å²) in [4.78, 5) is 12.7. The van der Waals surface area contributed by atoms with Crippen LogP contribution in [0.4, 0.5) is 11.5 Å². The number of sulfonamides is 1. The molecule has 4 rings (SSSR count). The Morgan fingerprint density at radius 2 is 1.79 bits per heavy atom. The lowest BCUT2D eigenvalue weighted by atomic mass is 10.1. The molecular formula is C24H19BrN3O5S-. The van der Waals surface area contributed by atoms with Crippen molar-refractivity contribution in [2.75, 3.05) is 5.32 Å². The van der Waals surface area contributed by atoms with Gasteiger partial charge in [0.25, 0.3) is 5.91 Å². The van der Waals surface area contributed by atoms with Gasteiger partial charge in [0.2, 0.25) is 10.0 Å². The fourth-order valence-electron chi connectivity index (χ4n) is 2.99. The van der Waals surface area contributed by atoms with E-state index in [1.807, 2.05) is 30.3 Å². The van der Waals surface area contributed by atoms with Gasteiger partial charge in [-0.15, -0.1) is 0 Å². The number of halogens is 1. The van der Waals surface area contributed by atoms with Crippen molar-refractivity contribution in [3.63, 3.8) is 0 Å². The number of amides is 1. The van der Waals surface area contributed by atoms with Crippen LogP contribution in [0, 0.1) is 6.92 Å². The molecule has 0 atom stereocenters. The van der Waals surface area contributed by atoms with Crippen LogP contribution < -0.4 is 10.1 Å². The van der Waals surface area contributed by atoms with Crippen molar-refractivity contribution in [3.05, 3.63) is 105 Å². The molecule has 0 aliphatic carbocycles. The van der Waals surface area contributed by atoms with Crippen molar-refractivity contribution in [2.45, 2.75) is 18.4 Å². The van der Waals surface area contributed by atoms with Gasteiger partial charge in [-0.05, 0) is 85.0 Å². The smallest absolute Gasteiger partial charge is 0.255 e. The van der Waals surface area contributed by atoms with E-state index in [2.05, 4.69) is 31.1 Å². The lowest BCUT2D eigenvalue weighted by molar-refractivity contribution is 0.102. The van der Waals surface area contributed by atoms with Gasteiger partial charge in [0.1, 0.15) is 18.1 Å². The van der Waals surface area contributed by atoms with Gasteiger partial charge < -0.3 is 19.3 Å². The van der Waals surface area contributed by atoms with Crippen LogP contribution in [0.3, 0.4) is 0 Å². The average Bonchev–Trinajstić information content (AvgIpc) is 3.23. The third-order valence-electron chi connectivity index (χ3n) is 4.65. The predicted molar refractivity (Wildman–Crippen MR) is 131 cm³/mol. The van der Waals surface area contributed by atoms with E-state index < -0.39 is 10.0 Å². The number of hydrogen-bond acceptors (Lipinski definition) is 6. The lowest BCUT2D eigenvalue weighted by Gasteiger charge is -2.12. The summed E-state index contributed by atoms with van der Waals surface area (Å²) < 4.78 is 40.1. The van der Waals surface area contributed by atoms with E-state index in [1.165, 1.54) is 30.3 Å². The number of carbonyl (C=O) groups is 1. The third kappa shape index (κ3) is 6.03. The first-order chi connectivity index (χ1) is 16.3. The maximum Gasteiger partial charge on any atom is 0.255 e. The Kier molecular flexibility index (Phi) is 6.99. The van der Waals surface area contributed by atoms with Gasteiger partial charge in [-0.25, -0.2) is 8.42 Å². The van der Waals surface area contributed by atoms with Gasteiger partial charge in [-0.1, -0.05) is 28.1 Å². The standard InChI is InChI=1S/C24H20BrN3O5S/c1-16-13-23(27-33-16)28-34(30,31)22-11-7-20(8-12-22)26-24(29)18-4-2-3-17(14-18)15-32-21-9-5-19(25)6-10-21/h2-14H,15H2,1H3,(H2,26,27,28,29)/p-1. The summed E-state index contributed by atoms with van der Waals surface area (Å²) in [5.41, 5.74) is 1.73. The Balaban J connectivity index is 1.38. The Morgan fingerprint density at radius 3 is 2.47 bits per heavy atom. The number of aromatic nitrogens is 1. The number of anilines is 1. The zero-order chi connectivity index (χ0) is 24.1. The Hall–Kier alpha value is -3.63. The molecule has 3 aromatic carbocycles. The molecule has 174 valence electrons. The molecular weight excluding hydrogens is 522 g/mol. The molecule has 10 heteroatoms. The van der Waals surface area contributed by atoms with Crippen molar-refractivity contribution in [2.24, 2.45) is 0 Å². The maximum atomic E-state index is 12.7. The van der Waals surface area contributed by atoms with E-state index >= 15 is 0 Å². The number of carbonyl (C=O) groups excluding carboxylic acids is 1. The highest BCUT2D eigenvalue weighted by Gasteiger charge is 2.12. The Morgan fingerprint density at radius 1 is 1.06 bits per heavy atom. The summed E-state index contributed by atoms with van der Waals surface area (Å²) in [6, 6.07) is 21.7. The predicted octanol–water partition coefficient (Wildman–Crippen LogP) is 5.97. The summed E-state index contributed by atoms with van der Waals surface area (Å²) >= 11 is 3.38. The van der Waals surface area contributed by atoms with Crippen LogP contribution in [0.25, 0.3) is 4.72 Å². The number of rotatable bonds is 8. The van der Waals surface area contributed by atoms with Crippen LogP contribution in [0.2, 0.25) is 0 Å². The first-order valence-corrected chi connectivity index (χ1v) is 12.3. The van der Waals surface area contributed by atoms with Crippen LogP contribution in [0.15, 0.2) is 92.8 Å². The minimum Gasteiger partial charge on any atom is -0.489 e. The molecule has 1 N–H and O–H groups in total. The zero-order valence-electron chi connectivity index (χ0n) is 17.9. The van der Waals surface area contributed by atoms with Crippen molar-refractivity contribution >= 4 is 43.4 Å². The highest BCUT2D eigenvalue weighted by Crippen LogP contribution is 2.27. The molecule has 0 saturated heterocycles. The number of nitrogens with one attached hydrogen (secondary N) is 1. The molecule has 0 saturated carbocycles. The van der Waals surface area contributed by atoms with Crippen molar-refractivity contribution in [1.82, 2.24) is 5.16 Å². The minimum absolute atomic E-state index is 0.0288. The van der Waals surface area contributed by atoms with E-state index in [0.717, 1.165) is 15.8 Å². The maximum absolute atomic E-state index is 12.7. The van der Waals surface area contributed by atoms with Crippen molar-refractivity contribution in [1.29, 1.82) is 0 Å². The summed E-state index contributed by atoms with van der Waals surface area (Å²) in [6.45, 7) is 1.95. The van der Waals surface area contributed by atoms with Gasteiger partial charge in [0.15, 0.2) is 0 Å². The van der Waals surface area contributed by atoms with Crippen LogP contribution in [-0.4, -0.2) is 19.5 Å². The third-order valence-corrected chi connectivity index (χ3v) is 6.47. The highest BCUT2D eigenvalue weighted by molar-refractivity contribution is 9.10. The molecule has 0 spiro atoms. The summed E-state index contributed by atoms with van der Waals surface area (Å²) in [6.07, 6.45) is 0. The Bertz CT molecular complexity index is 1400. The fraction of sp³-hybridized carbons (Fsp3) is 0.0833. The molecule has 1 aromatic heterocycles. The van der Waals surface area contributed by atoms with Crippen LogP contribution in [-0.2, 0) is 16.6 Å². The topological polar surface area (TPSA) is 113 Å². The molecule has 0 unspecified atom stereocenters. The van der Waals surface area contributed by atoms with Crippen LogP contribution in [0.1, 0.15) is 21.7 Å². The SMILES string of the molecule is Cc1cc([N-]S(=O)(=O)c2ccc(NC(=O)c3cccc(COc4ccc(Br)cc4)c3)cc2)no1. The number of ether oxygens (including phenoxy) is 1. The summed E-state index contributed by atoms with van der Waals surface area (Å²) in [7, 11) is -3.96. The van der Waals surface area contributed by atoms with E-state index in [0.29, 0.717) is 23.6 Å². The second-order valence-electron chi connectivity index (χ2n) is 7.28. The van der Waals surface area contributed by atoms with Gasteiger partial charge >= 0.3 is 0 Å². The molecule has 34 heavy (non-hydrogen) atoms. The summed E-state index contributed by atoms with van der Waals surface area (Å²) in [5, 5.41) is 6.33. The Labute approximate surface area is 205 Å². The molecule has 0 aliphatic rings. The van der Waals surface area contributed by atoms with Crippen LogP contribution in [0.5, 0.6) is 5.75 Å². The molecule has 8 nitrogen and oxygen atoms in total. The van der Waals surface area contributed by atoms with Gasteiger partial charge in [-0.2, -0.15) is 0 Å². The molecule has 1 heterocycles. The van der Waals surface area contributed by atoms with E-state index in [1.54, 1.807) is 25.1 Å². The van der Waals surface area contributed by atoms with Crippen molar-refractivity contribution < 1.29 is 22.5 Å². The second-order valence-corrected chi connectivity index (χ2v) is 9.80. The van der Waals surface area contributed by atoms with E-state index in [-0.39, 0.29) is 16.6 Å². The number of aryl methyl sites for hydroxylation is 1. The zero-order valence-corrected chi connectivity index (χ0v) is 20.3. The molecule has 0 bridgehead atoms. The molecule has 0 fully saturated rings.